The molecule has 0 saturated heterocycles. The van der Waals surface area contributed by atoms with Gasteiger partial charge < -0.3 is 0 Å². The molecule has 0 rings (SSSR count). The third-order valence-corrected chi connectivity index (χ3v) is 8.15. The van der Waals surface area contributed by atoms with E-state index in [9.17, 15) is 48.3 Å². The Hall–Kier alpha value is -0.263. The van der Waals surface area contributed by atoms with E-state index in [-0.39, 0.29) is 0 Å². The Morgan fingerprint density at radius 1 is 0.565 bits per heavy atom. The van der Waals surface area contributed by atoms with E-state index in [0.29, 0.717) is 0 Å². The predicted molar refractivity (Wildman–Crippen MR) is 63.0 cm³/mol. The van der Waals surface area contributed by atoms with Crippen LogP contribution in [0.5, 0.6) is 0 Å². The molecule has 0 amide bonds. The summed E-state index contributed by atoms with van der Waals surface area (Å²) in [4.78, 5) is 0. The first-order chi connectivity index (χ1) is 9.87. The van der Waals surface area contributed by atoms with Crippen LogP contribution in [0, 0.1) is 0 Å². The average molecular weight is 405 g/mol. The number of hydrogen-bond acceptors (Lipinski definition) is 0. The Balaban J connectivity index is 4.98. The minimum absolute atomic E-state index is 1.05. The normalized spacial score (nSPS) is 15.1. The van der Waals surface area contributed by atoms with Crippen molar-refractivity contribution in [1.29, 1.82) is 0 Å². The highest BCUT2D eigenvalue weighted by molar-refractivity contribution is 7.20. The Labute approximate surface area is 129 Å². The monoisotopic (exact) mass is 404 g/mol. The highest BCUT2D eigenvalue weighted by Gasteiger charge is 2.57. The summed E-state index contributed by atoms with van der Waals surface area (Å²) in [5.74, 6) is -5.21. The van der Waals surface area contributed by atoms with Crippen molar-refractivity contribution in [3.8, 4) is 0 Å². The molecule has 13 heteroatoms. The van der Waals surface area contributed by atoms with Gasteiger partial charge in [0.25, 0.3) is 0 Å². The zero-order valence-corrected chi connectivity index (χ0v) is 13.0. The second-order valence-electron chi connectivity index (χ2n) is 5.08. The summed E-state index contributed by atoms with van der Waals surface area (Å²) in [7, 11) is -4.11. The van der Waals surface area contributed by atoms with Crippen molar-refractivity contribution in [3.05, 3.63) is 0 Å². The van der Waals surface area contributed by atoms with Crippen LogP contribution in [0.2, 0.25) is 18.1 Å². The first-order valence-corrected chi connectivity index (χ1v) is 9.77. The van der Waals surface area contributed by atoms with Crippen LogP contribution in [0.25, 0.3) is 0 Å². The van der Waals surface area contributed by atoms with Crippen molar-refractivity contribution in [2.45, 2.75) is 61.8 Å². The maximum atomic E-state index is 12.8. The van der Waals surface area contributed by atoms with Crippen molar-refractivity contribution >= 4 is 18.5 Å². The zero-order valence-electron chi connectivity index (χ0n) is 11.3. The second-order valence-corrected chi connectivity index (χ2v) is 11.3. The predicted octanol–water partition coefficient (Wildman–Crippen LogP) is 6.66. The molecule has 23 heavy (non-hydrogen) atoms. The largest absolute Gasteiger partial charge is 0.453 e. The van der Waals surface area contributed by atoms with Gasteiger partial charge in [0.2, 0.25) is 0 Å². The molecule has 0 radical (unpaired) electrons. The molecule has 0 fully saturated rings. The molecule has 0 aliphatic carbocycles. The van der Waals surface area contributed by atoms with Crippen LogP contribution < -0.4 is 0 Å². The molecule has 0 unspecified atom stereocenters. The number of halogens is 12. The van der Waals surface area contributed by atoms with Crippen LogP contribution in [0.1, 0.15) is 19.3 Å². The van der Waals surface area contributed by atoms with E-state index in [1.165, 1.54) is 0 Å². The van der Waals surface area contributed by atoms with Crippen molar-refractivity contribution in [1.82, 2.24) is 0 Å². The van der Waals surface area contributed by atoms with E-state index in [2.05, 4.69) is 0 Å². The summed E-state index contributed by atoms with van der Waals surface area (Å²) in [6.45, 7) is 0. The van der Waals surface area contributed by atoms with E-state index >= 15 is 0 Å². The average Bonchev–Trinajstić information content (AvgIpc) is 2.29. The summed E-state index contributed by atoms with van der Waals surface area (Å²) in [5, 5.41) is 0. The summed E-state index contributed by atoms with van der Waals surface area (Å²) in [6.07, 6.45) is -20.7. The molecule has 0 atom stereocenters. The Morgan fingerprint density at radius 2 is 0.870 bits per heavy atom. The number of rotatable bonds is 7. The molecule has 140 valence electrons. The molecule has 0 aliphatic heterocycles. The molecule has 0 aromatic carbocycles. The van der Waals surface area contributed by atoms with Crippen molar-refractivity contribution < 1.29 is 48.3 Å². The van der Waals surface area contributed by atoms with Gasteiger partial charge in [0.15, 0.2) is 7.38 Å². The lowest BCUT2D eigenvalue weighted by Gasteiger charge is -2.28. The van der Waals surface area contributed by atoms with Gasteiger partial charge in [0.1, 0.15) is 0 Å². The summed E-state index contributed by atoms with van der Waals surface area (Å²) in [5.41, 5.74) is 0. The lowest BCUT2D eigenvalue weighted by Crippen LogP contribution is -2.39. The van der Waals surface area contributed by atoms with Crippen LogP contribution in [0.15, 0.2) is 0 Å². The lowest BCUT2D eigenvalue weighted by molar-refractivity contribution is -0.282. The van der Waals surface area contributed by atoms with Gasteiger partial charge in [0.05, 0.1) is 0 Å². The molecular weight excluding hydrogens is 393 g/mol. The van der Waals surface area contributed by atoms with Gasteiger partial charge in [-0.25, -0.2) is 0 Å². The first-order valence-electron chi connectivity index (χ1n) is 6.14. The number of hydrogen-bond donors (Lipinski definition) is 0. The molecule has 0 spiro atoms. The Kier molecular flexibility index (Phi) is 7.24. The molecule has 0 saturated carbocycles. The fourth-order valence-electron chi connectivity index (χ4n) is 1.63. The standard InChI is InChI=1S/C10H12ClF11Si/c11-23(5-2-8(14,15)16,6-3-9(17,18)19)4-1-7(12,13)10(20,21)22/h1-6H2. The minimum Gasteiger partial charge on any atom is -0.196 e. The Bertz CT molecular complexity index is 352. The summed E-state index contributed by atoms with van der Waals surface area (Å²) >= 11 is 5.65. The van der Waals surface area contributed by atoms with Crippen LogP contribution in [0.4, 0.5) is 48.3 Å². The number of alkyl halides is 11. The van der Waals surface area contributed by atoms with Crippen LogP contribution >= 0.6 is 11.1 Å². The van der Waals surface area contributed by atoms with Gasteiger partial charge in [0, 0.05) is 19.3 Å². The van der Waals surface area contributed by atoms with Gasteiger partial charge in [-0.2, -0.15) is 59.4 Å². The molecule has 0 heterocycles. The molecule has 0 N–H and O–H groups in total. The van der Waals surface area contributed by atoms with E-state index in [1.807, 2.05) is 0 Å². The maximum absolute atomic E-state index is 12.8. The van der Waals surface area contributed by atoms with Crippen molar-refractivity contribution in [2.75, 3.05) is 0 Å². The van der Waals surface area contributed by atoms with Gasteiger partial charge in [-0.05, 0) is 18.1 Å². The molecule has 0 nitrogen and oxygen atoms in total. The zero-order chi connectivity index (χ0) is 18.7. The van der Waals surface area contributed by atoms with Gasteiger partial charge in [-0.3, -0.25) is 0 Å². The lowest BCUT2D eigenvalue weighted by atomic mass is 10.2. The van der Waals surface area contributed by atoms with E-state index < -0.39 is 69.2 Å². The highest BCUT2D eigenvalue weighted by atomic mass is 35.6. The fourth-order valence-corrected chi connectivity index (χ4v) is 5.45. The highest BCUT2D eigenvalue weighted by Crippen LogP contribution is 2.44. The van der Waals surface area contributed by atoms with Gasteiger partial charge >= 0.3 is 24.5 Å². The fraction of sp³-hybridized carbons (Fsp3) is 1.00. The summed E-state index contributed by atoms with van der Waals surface area (Å²) in [6, 6.07) is -3.31. The minimum atomic E-state index is -5.94. The second kappa shape index (κ2) is 7.32. The molecule has 0 aromatic rings. The van der Waals surface area contributed by atoms with Crippen LogP contribution in [0.3, 0.4) is 0 Å². The van der Waals surface area contributed by atoms with Crippen molar-refractivity contribution in [2.24, 2.45) is 0 Å². The topological polar surface area (TPSA) is 0 Å². The Morgan fingerprint density at radius 3 is 1.13 bits per heavy atom. The first kappa shape index (κ1) is 22.7. The van der Waals surface area contributed by atoms with E-state index in [0.717, 1.165) is 0 Å². The molecular formula is C10H12ClF11Si. The van der Waals surface area contributed by atoms with Crippen molar-refractivity contribution in [3.63, 3.8) is 0 Å². The van der Waals surface area contributed by atoms with Gasteiger partial charge in [-0.1, -0.05) is 0 Å². The SMILES string of the molecule is FC(F)(F)CC[Si](Cl)(CCC(F)(F)F)CCC(F)(F)C(F)(F)F. The van der Waals surface area contributed by atoms with E-state index in [4.69, 9.17) is 11.1 Å². The summed E-state index contributed by atoms with van der Waals surface area (Å²) < 4.78 is 134. The molecule has 0 bridgehead atoms. The van der Waals surface area contributed by atoms with Crippen LogP contribution in [-0.2, 0) is 0 Å². The molecule has 0 aliphatic rings. The quantitative estimate of drug-likeness (QED) is 0.253. The maximum Gasteiger partial charge on any atom is 0.453 e. The third kappa shape index (κ3) is 9.58. The third-order valence-electron chi connectivity index (χ3n) is 3.01. The smallest absolute Gasteiger partial charge is 0.196 e. The molecule has 0 aromatic heterocycles. The van der Waals surface area contributed by atoms with Crippen LogP contribution in [-0.4, -0.2) is 31.8 Å². The van der Waals surface area contributed by atoms with E-state index in [1.54, 1.807) is 0 Å². The van der Waals surface area contributed by atoms with Gasteiger partial charge in [-0.15, -0.1) is 0 Å².